The molecule has 124 valence electrons. The van der Waals surface area contributed by atoms with Crippen LogP contribution in [0.1, 0.15) is 43.2 Å². The maximum Gasteiger partial charge on any atom is 0.222 e. The van der Waals surface area contributed by atoms with E-state index in [9.17, 15) is 5.26 Å². The molecule has 1 heterocycles. The topological polar surface area (TPSA) is 111 Å². The molecule has 2 aromatic rings. The Labute approximate surface area is 141 Å². The number of nitrogen functional groups attached to an aromatic ring is 2. The Morgan fingerprint density at radius 3 is 2.46 bits per heavy atom. The zero-order chi connectivity index (χ0) is 16.9. The van der Waals surface area contributed by atoms with Gasteiger partial charge in [-0.2, -0.15) is 10.2 Å². The first-order chi connectivity index (χ1) is 11.7. The number of nitriles is 1. The van der Waals surface area contributed by atoms with Crippen LogP contribution in [-0.2, 0) is 11.3 Å². The third kappa shape index (κ3) is 3.63. The first-order valence-corrected chi connectivity index (χ1v) is 8.21. The summed E-state index contributed by atoms with van der Waals surface area (Å²) in [6.45, 7) is 0.601. The summed E-state index contributed by atoms with van der Waals surface area (Å²) in [4.78, 5) is 7.99. The molecule has 4 N–H and O–H groups in total. The summed E-state index contributed by atoms with van der Waals surface area (Å²) in [5.41, 5.74) is 14.0. The Morgan fingerprint density at radius 2 is 1.79 bits per heavy atom. The summed E-state index contributed by atoms with van der Waals surface area (Å²) in [7, 11) is 0. The zero-order valence-corrected chi connectivity index (χ0v) is 13.5. The summed E-state index contributed by atoms with van der Waals surface area (Å²) in [6.07, 6.45) is 6.53. The molecule has 1 aliphatic rings. The van der Waals surface area contributed by atoms with Crippen LogP contribution in [0.25, 0.3) is 11.3 Å². The number of anilines is 2. The van der Waals surface area contributed by atoms with Crippen LogP contribution in [0, 0.1) is 11.3 Å². The Balaban J connectivity index is 1.74. The third-order valence-corrected chi connectivity index (χ3v) is 4.33. The number of hydrogen-bond acceptors (Lipinski definition) is 6. The Morgan fingerprint density at radius 1 is 1.08 bits per heavy atom. The molecule has 6 heteroatoms. The highest BCUT2D eigenvalue weighted by Crippen LogP contribution is 2.26. The monoisotopic (exact) mass is 323 g/mol. The maximum absolute atomic E-state index is 9.26. The van der Waals surface area contributed by atoms with Gasteiger partial charge < -0.3 is 16.2 Å². The fourth-order valence-corrected chi connectivity index (χ4v) is 3.02. The van der Waals surface area contributed by atoms with Crippen LogP contribution in [0.5, 0.6) is 0 Å². The van der Waals surface area contributed by atoms with Gasteiger partial charge in [0.1, 0.15) is 17.5 Å². The van der Waals surface area contributed by atoms with Gasteiger partial charge >= 0.3 is 0 Å². The number of benzene rings is 1. The Kier molecular flexibility index (Phi) is 4.92. The van der Waals surface area contributed by atoms with Crippen LogP contribution in [0.2, 0.25) is 0 Å². The number of nitrogens with two attached hydrogens (primary N) is 2. The predicted octanol–water partition coefficient (Wildman–Crippen LogP) is 3.03. The predicted molar refractivity (Wildman–Crippen MR) is 92.7 cm³/mol. The van der Waals surface area contributed by atoms with E-state index < -0.39 is 0 Å². The van der Waals surface area contributed by atoms with Crippen LogP contribution in [0.4, 0.5) is 11.8 Å². The van der Waals surface area contributed by atoms with Crippen molar-refractivity contribution in [2.45, 2.75) is 44.8 Å². The van der Waals surface area contributed by atoms with Crippen LogP contribution in [-0.4, -0.2) is 16.1 Å². The highest BCUT2D eigenvalue weighted by Gasteiger charge is 2.15. The molecule has 6 nitrogen and oxygen atoms in total. The summed E-state index contributed by atoms with van der Waals surface area (Å²) in [5, 5.41) is 9.26. The van der Waals surface area contributed by atoms with Crippen molar-refractivity contribution in [3.63, 3.8) is 0 Å². The van der Waals surface area contributed by atoms with E-state index >= 15 is 0 Å². The van der Waals surface area contributed by atoms with Gasteiger partial charge in [0.2, 0.25) is 5.95 Å². The molecule has 1 aromatic carbocycles. The molecular weight excluding hydrogens is 302 g/mol. The molecule has 3 rings (SSSR count). The van der Waals surface area contributed by atoms with E-state index in [0.29, 0.717) is 18.4 Å². The molecule has 0 spiro atoms. The summed E-state index contributed by atoms with van der Waals surface area (Å²) in [6, 6.07) is 9.81. The van der Waals surface area contributed by atoms with Crippen LogP contribution in [0.15, 0.2) is 24.3 Å². The number of ether oxygens (including phenoxy) is 1. The fourth-order valence-electron chi connectivity index (χ4n) is 3.02. The first-order valence-electron chi connectivity index (χ1n) is 8.21. The third-order valence-electron chi connectivity index (χ3n) is 4.33. The first kappa shape index (κ1) is 16.2. The lowest BCUT2D eigenvalue weighted by Gasteiger charge is -2.22. The highest BCUT2D eigenvalue weighted by atomic mass is 16.5. The number of nitrogens with zero attached hydrogens (tertiary/aromatic N) is 3. The average molecular weight is 323 g/mol. The van der Waals surface area contributed by atoms with Crippen molar-refractivity contribution in [1.29, 1.82) is 5.26 Å². The molecule has 0 bridgehead atoms. The van der Waals surface area contributed by atoms with Gasteiger partial charge in [-0.3, -0.25) is 0 Å². The normalized spacial score (nSPS) is 15.1. The van der Waals surface area contributed by atoms with Crippen molar-refractivity contribution in [1.82, 2.24) is 9.97 Å². The van der Waals surface area contributed by atoms with E-state index in [-0.39, 0.29) is 17.3 Å². The van der Waals surface area contributed by atoms with Gasteiger partial charge in [-0.05, 0) is 18.4 Å². The largest absolute Gasteiger partial charge is 0.382 e. The van der Waals surface area contributed by atoms with Crippen molar-refractivity contribution < 1.29 is 4.74 Å². The minimum atomic E-state index is 0.0613. The summed E-state index contributed by atoms with van der Waals surface area (Å²) < 4.78 is 5.98. The van der Waals surface area contributed by atoms with Crippen LogP contribution in [0.3, 0.4) is 0 Å². The molecule has 24 heavy (non-hydrogen) atoms. The van der Waals surface area contributed by atoms with E-state index in [1.54, 1.807) is 0 Å². The molecular formula is C18H21N5O. The highest BCUT2D eigenvalue weighted by molar-refractivity contribution is 5.73. The molecule has 0 radical (unpaired) electrons. The lowest BCUT2D eigenvalue weighted by Crippen LogP contribution is -2.16. The second-order valence-electron chi connectivity index (χ2n) is 6.07. The lowest BCUT2D eigenvalue weighted by atomic mass is 9.98. The van der Waals surface area contributed by atoms with Crippen LogP contribution >= 0.6 is 0 Å². The standard InChI is InChI=1S/C18H21N5O/c19-10-15-16(22-18(21)23-17(15)20)13-8-6-12(7-9-13)11-24-14-4-2-1-3-5-14/h6-9,14H,1-5,11H2,(H4,20,21,22,23). The average Bonchev–Trinajstić information content (AvgIpc) is 2.61. The zero-order valence-electron chi connectivity index (χ0n) is 13.5. The minimum Gasteiger partial charge on any atom is -0.382 e. The van der Waals surface area contributed by atoms with E-state index in [0.717, 1.165) is 24.0 Å². The quantitative estimate of drug-likeness (QED) is 0.894. The maximum atomic E-state index is 9.26. The van der Waals surface area contributed by atoms with E-state index in [1.165, 1.54) is 19.3 Å². The fraction of sp³-hybridized carbons (Fsp3) is 0.389. The van der Waals surface area contributed by atoms with E-state index in [2.05, 4.69) is 9.97 Å². The smallest absolute Gasteiger partial charge is 0.222 e. The van der Waals surface area contributed by atoms with Gasteiger partial charge in [0, 0.05) is 5.56 Å². The van der Waals surface area contributed by atoms with Gasteiger partial charge in [0.05, 0.1) is 18.4 Å². The molecule has 1 aromatic heterocycles. The Hall–Kier alpha value is -2.65. The lowest BCUT2D eigenvalue weighted by molar-refractivity contribution is 0.0169. The van der Waals surface area contributed by atoms with Crippen molar-refractivity contribution >= 4 is 11.8 Å². The van der Waals surface area contributed by atoms with E-state index in [4.69, 9.17) is 16.2 Å². The van der Waals surface area contributed by atoms with Gasteiger partial charge in [-0.1, -0.05) is 43.5 Å². The van der Waals surface area contributed by atoms with Crippen molar-refractivity contribution in [3.05, 3.63) is 35.4 Å². The van der Waals surface area contributed by atoms with Crippen LogP contribution < -0.4 is 11.5 Å². The summed E-state index contributed by atoms with van der Waals surface area (Å²) >= 11 is 0. The molecule has 0 atom stereocenters. The summed E-state index contributed by atoms with van der Waals surface area (Å²) in [5.74, 6) is 0.163. The number of aromatic nitrogens is 2. The second kappa shape index (κ2) is 7.28. The van der Waals surface area contributed by atoms with Crippen molar-refractivity contribution in [2.75, 3.05) is 11.5 Å². The molecule has 0 unspecified atom stereocenters. The van der Waals surface area contributed by atoms with Gasteiger partial charge in [-0.15, -0.1) is 0 Å². The molecule has 0 aliphatic heterocycles. The number of rotatable bonds is 4. The van der Waals surface area contributed by atoms with Crippen molar-refractivity contribution in [3.8, 4) is 17.3 Å². The van der Waals surface area contributed by atoms with Gasteiger partial charge in [0.25, 0.3) is 0 Å². The van der Waals surface area contributed by atoms with Crippen molar-refractivity contribution in [2.24, 2.45) is 0 Å². The molecule has 1 fully saturated rings. The molecule has 1 saturated carbocycles. The van der Waals surface area contributed by atoms with Gasteiger partial charge in [0.15, 0.2) is 0 Å². The van der Waals surface area contributed by atoms with E-state index in [1.807, 2.05) is 30.3 Å². The number of hydrogen-bond donors (Lipinski definition) is 2. The van der Waals surface area contributed by atoms with Gasteiger partial charge in [-0.25, -0.2) is 4.98 Å². The second-order valence-corrected chi connectivity index (χ2v) is 6.07. The molecule has 1 aliphatic carbocycles. The molecule has 0 saturated heterocycles. The SMILES string of the molecule is N#Cc1c(N)nc(N)nc1-c1ccc(COC2CCCCC2)cc1. The minimum absolute atomic E-state index is 0.0613. The molecule has 0 amide bonds. The Bertz CT molecular complexity index is 745.